The molecule has 26 nitrogen and oxygen atoms in total. The first-order valence-electron chi connectivity index (χ1n) is 26.6. The minimum atomic E-state index is -4.49. The zero-order valence-electron chi connectivity index (χ0n) is 48.7. The van der Waals surface area contributed by atoms with Crippen LogP contribution in [0, 0.1) is 0 Å². The van der Waals surface area contributed by atoms with Gasteiger partial charge < -0.3 is 28.9 Å². The first-order chi connectivity index (χ1) is 41.4. The molecule has 2 aromatic carbocycles. The Morgan fingerprint density at radius 3 is 1.55 bits per heavy atom. The van der Waals surface area contributed by atoms with Crippen LogP contribution in [0.5, 0.6) is 0 Å². The summed E-state index contributed by atoms with van der Waals surface area (Å²) in [4.78, 5) is 105. The second kappa shape index (κ2) is 29.3. The summed E-state index contributed by atoms with van der Waals surface area (Å²) in [5.41, 5.74) is -2.17. The minimum Gasteiger partial charge on any atom is -0.870 e. The van der Waals surface area contributed by atoms with E-state index in [4.69, 9.17) is 21.1 Å². The van der Waals surface area contributed by atoms with E-state index in [1.165, 1.54) is 72.4 Å². The summed E-state index contributed by atoms with van der Waals surface area (Å²) >= 11 is 5.59. The zero-order valence-corrected chi connectivity index (χ0v) is 51.5. The molecule has 34 heteroatoms. The quantitative estimate of drug-likeness (QED) is 0.0411. The van der Waals surface area contributed by atoms with Crippen LogP contribution in [0.3, 0.4) is 0 Å². The van der Waals surface area contributed by atoms with Crippen molar-refractivity contribution >= 4 is 52.3 Å². The molecule has 10 aromatic rings. The Hall–Kier alpha value is -8.98. The summed E-state index contributed by atoms with van der Waals surface area (Å²) in [5.74, 6) is -0.586. The molecule has 0 amide bonds. The van der Waals surface area contributed by atoms with Crippen molar-refractivity contribution in [1.29, 1.82) is 0 Å². The maximum atomic E-state index is 13.6. The van der Waals surface area contributed by atoms with Gasteiger partial charge >= 0.3 is 65.4 Å². The van der Waals surface area contributed by atoms with Gasteiger partial charge in [0.1, 0.15) is 5.82 Å². The van der Waals surface area contributed by atoms with Gasteiger partial charge in [-0.1, -0.05) is 49.7 Å². The molecule has 0 aliphatic heterocycles. The van der Waals surface area contributed by atoms with Crippen LogP contribution < -0.4 is 52.1 Å². The van der Waals surface area contributed by atoms with Gasteiger partial charge in [-0.15, -0.1) is 6.20 Å². The van der Waals surface area contributed by atoms with Crippen LogP contribution in [-0.2, 0) is 86.7 Å². The van der Waals surface area contributed by atoms with E-state index in [1.807, 2.05) is 6.92 Å². The topological polar surface area (TPSA) is 295 Å². The molecule has 466 valence electrons. The molecule has 0 saturated carbocycles. The number of carbonyl (C=O) groups excluding carboxylic acids is 3. The maximum absolute atomic E-state index is 13.6. The molecule has 0 atom stereocenters. The summed E-state index contributed by atoms with van der Waals surface area (Å²) in [6, 6.07) is 9.24. The van der Waals surface area contributed by atoms with Crippen LogP contribution in [0.2, 0.25) is 0 Å². The summed E-state index contributed by atoms with van der Waals surface area (Å²) in [6.07, 6.45) is 4.62. The molecule has 1 N–H and O–H groups in total. The number of hydrogen-bond acceptors (Lipinski definition) is 16. The van der Waals surface area contributed by atoms with Crippen LogP contribution in [0.4, 0.5) is 31.1 Å². The number of carbonyl (C=O) groups is 2. The fourth-order valence-electron chi connectivity index (χ4n) is 9.15. The van der Waals surface area contributed by atoms with Crippen molar-refractivity contribution < 1.29 is 85.2 Å². The molecular weight excluding hydrogens is 1220 g/mol. The Morgan fingerprint density at radius 2 is 1.11 bits per heavy atom. The number of aromatic nitrogens is 16. The number of nitrogens with zero attached hydrogens (tertiary/aromatic N) is 16. The molecule has 0 bridgehead atoms. The van der Waals surface area contributed by atoms with Crippen molar-refractivity contribution in [2.75, 3.05) is 6.07 Å². The molecule has 89 heavy (non-hydrogen) atoms. The van der Waals surface area contributed by atoms with Crippen LogP contribution in [0.1, 0.15) is 79.0 Å². The number of benzene rings is 2. The minimum absolute atomic E-state index is 0. The molecule has 0 radical (unpaired) electrons. The molecule has 0 unspecified atom stereocenters. The van der Waals surface area contributed by atoms with E-state index in [9.17, 15) is 59.9 Å². The van der Waals surface area contributed by atoms with E-state index in [2.05, 4.69) is 30.1 Å². The summed E-state index contributed by atoms with van der Waals surface area (Å²) in [6.45, 7) is 7.39. The van der Waals surface area contributed by atoms with Gasteiger partial charge in [-0.3, -0.25) is 46.8 Å². The van der Waals surface area contributed by atoms with Crippen LogP contribution in [0.25, 0.3) is 45.1 Å². The molecule has 0 spiro atoms. The van der Waals surface area contributed by atoms with E-state index in [0.29, 0.717) is 35.2 Å². The van der Waals surface area contributed by atoms with E-state index in [-0.39, 0.29) is 120 Å². The third-order valence-electron chi connectivity index (χ3n) is 13.1. The number of halogens is 7. The predicted molar refractivity (Wildman–Crippen MR) is 303 cm³/mol. The second-order valence-corrected chi connectivity index (χ2v) is 19.4. The average Bonchev–Trinajstić information content (AvgIpc) is 1.63. The number of fused-ring (bicyclic) bond motifs is 2. The molecule has 0 saturated heterocycles. The van der Waals surface area contributed by atoms with Crippen molar-refractivity contribution in [3.63, 3.8) is 0 Å². The van der Waals surface area contributed by atoms with E-state index in [1.54, 1.807) is 75.1 Å². The van der Waals surface area contributed by atoms with Crippen molar-refractivity contribution in [1.82, 2.24) is 76.0 Å². The van der Waals surface area contributed by atoms with Gasteiger partial charge in [0.05, 0.1) is 60.4 Å². The zero-order chi connectivity index (χ0) is 63.1. The first-order valence-corrected chi connectivity index (χ1v) is 27.1. The smallest absolute Gasteiger partial charge is 0.870 e. The van der Waals surface area contributed by atoms with Crippen molar-refractivity contribution in [2.24, 2.45) is 14.1 Å². The Bertz CT molecular complexity index is 4410. The van der Waals surface area contributed by atoms with Crippen molar-refractivity contribution in [3.8, 4) is 22.8 Å². The van der Waals surface area contributed by atoms with Crippen LogP contribution >= 0.6 is 11.6 Å². The van der Waals surface area contributed by atoms with E-state index in [0.717, 1.165) is 38.0 Å². The van der Waals surface area contributed by atoms with E-state index >= 15 is 0 Å². The third-order valence-corrected chi connectivity index (χ3v) is 13.2. The number of esters is 1. The molecule has 8 aromatic heterocycles. The van der Waals surface area contributed by atoms with Crippen LogP contribution in [0.15, 0.2) is 118 Å². The summed E-state index contributed by atoms with van der Waals surface area (Å²) in [5, 5.41) is 8.45. The maximum Gasteiger partial charge on any atom is 1.00 e. The van der Waals surface area contributed by atoms with Gasteiger partial charge in [0.25, 0.3) is 11.1 Å². The van der Waals surface area contributed by atoms with Crippen molar-refractivity contribution in [3.05, 3.63) is 174 Å². The number of ether oxygens (including phenoxy) is 2. The normalized spacial score (nSPS) is 11.3. The third kappa shape index (κ3) is 15.3. The van der Waals surface area contributed by atoms with Gasteiger partial charge in [-0.05, 0) is 74.8 Å². The van der Waals surface area contributed by atoms with Gasteiger partial charge in [0.15, 0.2) is 46.6 Å². The van der Waals surface area contributed by atoms with Gasteiger partial charge in [-0.2, -0.15) is 36.5 Å². The average molecular weight is 1270 g/mol. The summed E-state index contributed by atoms with van der Waals surface area (Å²) < 4.78 is 102. The Morgan fingerprint density at radius 1 is 0.629 bits per heavy atom. The fourth-order valence-corrected chi connectivity index (χ4v) is 9.24. The van der Waals surface area contributed by atoms with Gasteiger partial charge in [0.2, 0.25) is 0 Å². The number of hydrogen-bond donors (Lipinski definition) is 0. The monoisotopic (exact) mass is 1270 g/mol. The molecule has 8 heterocycles. The number of aryl methyl sites for hydroxylation is 4. The first kappa shape index (κ1) is 69.1. The molecule has 0 fully saturated rings. The number of alkyl halides is 7. The number of imidazole rings is 4. The summed E-state index contributed by atoms with van der Waals surface area (Å²) in [7, 11) is 3.50. The van der Waals surface area contributed by atoms with Gasteiger partial charge in [0, 0.05) is 58.1 Å². The Balaban J connectivity index is 0.000000248. The fraction of sp³-hybridized carbons (Fsp3) is 0.327. The Kier molecular flexibility index (Phi) is 22.8. The predicted octanol–water partition coefficient (Wildman–Crippen LogP) is 3.87. The molecule has 10 rings (SSSR count). The number of rotatable bonds is 17. The largest absolute Gasteiger partial charge is 1.00 e. The van der Waals surface area contributed by atoms with Gasteiger partial charge in [-0.25, -0.2) is 38.7 Å². The Labute approximate surface area is 526 Å². The van der Waals surface area contributed by atoms with Crippen molar-refractivity contribution in [2.45, 2.75) is 98.9 Å². The molecule has 0 aliphatic carbocycles. The van der Waals surface area contributed by atoms with E-state index < -0.39 is 70.8 Å². The molecular formula is C55H55ClF6N16NaO10-. The van der Waals surface area contributed by atoms with Crippen LogP contribution in [-0.4, -0.2) is 106 Å². The standard InChI is InChI=1S/C27H27F3N8O4.C23H22ClF3N6O4.C5H5N2O.Na.H2O/c1-4-9-37-24(39)21-23(36(5-2)26(37)41)33-22(38(21)16-42-25(40)20-14-34(3)15-31-20)18-11-32-35(13-18)12-17-7-6-8-19(10-17)27(28,29)30;1-3-8-32-20(34)17-19(31(4-2)21(32)35)29-18(33(17)22(36)37-13-24)15-10-28-30(12-15)11-14-6-5-7-16(9-14)23(25,26)27;1-7-2-5(3-8)6-4-7;;/h6-8,10-11,13-15H,4-5,9,12,16H2,1-3H3;5-7,9-10,12H,3-4,8,11,13H2,1-2H3;2,4H,1H3;;1H2/q;;-1;+1;/p-1. The second-order valence-electron chi connectivity index (χ2n) is 19.2. The molecule has 0 aliphatic rings. The SMILES string of the molecule is CCCn1c(=O)c2c(nc(-c3cnn(Cc4cccc(C(F)(F)F)c4)c3)n2C(=O)OCCl)n(CC)c1=O.CCCn1c(=O)c2c(nc(-c3cnn(Cc4cccc(C(F)(F)F)c4)c3)n2COC(=O)c2cn(C)cn2)n(CC)c1=O.Cn1cnc([C-]=O)c1.[Na+].[OH-].